The normalized spacial score (nSPS) is 36.0. The van der Waals surface area contributed by atoms with E-state index in [1.807, 2.05) is 11.4 Å². The van der Waals surface area contributed by atoms with Crippen LogP contribution in [0.15, 0.2) is 27.3 Å². The lowest BCUT2D eigenvalue weighted by Gasteiger charge is -2.42. The molecular formula is C20H18N2O5S3. The summed E-state index contributed by atoms with van der Waals surface area (Å²) in [5.41, 5.74) is 0. The summed E-state index contributed by atoms with van der Waals surface area (Å²) >= 11 is 4.61. The van der Waals surface area contributed by atoms with E-state index in [0.717, 1.165) is 21.2 Å². The molecule has 0 aromatic carbocycles. The summed E-state index contributed by atoms with van der Waals surface area (Å²) in [7, 11) is 1.26. The Bertz CT molecular complexity index is 1120. The monoisotopic (exact) mass is 462 g/mol. The Kier molecular flexibility index (Phi) is 4.11. The third-order valence-corrected chi connectivity index (χ3v) is 10.7. The first-order chi connectivity index (χ1) is 14.5. The lowest BCUT2D eigenvalue weighted by molar-refractivity contribution is -0.151. The van der Waals surface area contributed by atoms with Crippen LogP contribution in [-0.4, -0.2) is 46.6 Å². The van der Waals surface area contributed by atoms with Gasteiger partial charge in [-0.15, -0.1) is 23.1 Å². The van der Waals surface area contributed by atoms with Gasteiger partial charge in [0.2, 0.25) is 11.8 Å². The van der Waals surface area contributed by atoms with Gasteiger partial charge in [-0.3, -0.25) is 24.1 Å². The molecule has 156 valence electrons. The van der Waals surface area contributed by atoms with Crippen LogP contribution in [0.4, 0.5) is 0 Å². The quantitative estimate of drug-likeness (QED) is 0.555. The van der Waals surface area contributed by atoms with E-state index >= 15 is 0 Å². The topological polar surface area (TPSA) is 96.5 Å². The number of esters is 1. The van der Waals surface area contributed by atoms with Gasteiger partial charge in [-0.25, -0.2) is 0 Å². The molecule has 2 aliphatic heterocycles. The number of aromatic nitrogens is 1. The number of amides is 2. The van der Waals surface area contributed by atoms with Crippen molar-refractivity contribution in [1.82, 2.24) is 9.88 Å². The van der Waals surface area contributed by atoms with Crippen molar-refractivity contribution >= 4 is 52.2 Å². The van der Waals surface area contributed by atoms with Crippen LogP contribution in [-0.2, 0) is 19.1 Å². The maximum absolute atomic E-state index is 13.2. The second-order valence-corrected chi connectivity index (χ2v) is 11.5. The number of nitrogens with one attached hydrogen (secondary N) is 1. The molecule has 0 radical (unpaired) electrons. The number of likely N-dealkylation sites (tertiary alicyclic amines) is 1. The molecule has 1 saturated heterocycles. The summed E-state index contributed by atoms with van der Waals surface area (Å²) in [5.74, 6) is -1.35. The summed E-state index contributed by atoms with van der Waals surface area (Å²) in [6.07, 6.45) is 0.849. The fourth-order valence-electron chi connectivity index (χ4n) is 6.21. The largest absolute Gasteiger partial charge is 0.468 e. The highest BCUT2D eigenvalue weighted by Gasteiger charge is 2.69. The van der Waals surface area contributed by atoms with Crippen molar-refractivity contribution in [2.45, 2.75) is 22.6 Å². The molecule has 4 heterocycles. The van der Waals surface area contributed by atoms with Crippen LogP contribution < -0.4 is 4.87 Å². The Hall–Kier alpha value is -1.91. The van der Waals surface area contributed by atoms with Crippen LogP contribution in [0.25, 0.3) is 0 Å². The molecule has 0 unspecified atom stereocenters. The Morgan fingerprint density at radius 2 is 2.00 bits per heavy atom. The number of ether oxygens (including phenoxy) is 1. The summed E-state index contributed by atoms with van der Waals surface area (Å²) in [5, 5.41) is 3.13. The van der Waals surface area contributed by atoms with Gasteiger partial charge in [0.25, 0.3) is 0 Å². The molecule has 2 amide bonds. The molecular weight excluding hydrogens is 444 g/mol. The Morgan fingerprint density at radius 3 is 2.70 bits per heavy atom. The van der Waals surface area contributed by atoms with Crippen LogP contribution in [0.5, 0.6) is 0 Å². The minimum atomic E-state index is -0.577. The van der Waals surface area contributed by atoms with E-state index < -0.39 is 5.97 Å². The van der Waals surface area contributed by atoms with Gasteiger partial charge in [0.15, 0.2) is 0 Å². The van der Waals surface area contributed by atoms with Gasteiger partial charge in [0, 0.05) is 20.9 Å². The lowest BCUT2D eigenvalue weighted by Crippen LogP contribution is -2.42. The van der Waals surface area contributed by atoms with E-state index in [0.29, 0.717) is 0 Å². The zero-order valence-corrected chi connectivity index (χ0v) is 18.4. The summed E-state index contributed by atoms with van der Waals surface area (Å²) < 4.78 is 4.68. The van der Waals surface area contributed by atoms with Gasteiger partial charge < -0.3 is 9.72 Å². The number of rotatable bonds is 3. The molecule has 2 saturated carbocycles. The van der Waals surface area contributed by atoms with Crippen LogP contribution in [0, 0.1) is 29.6 Å². The number of thioether (sulfide) groups is 1. The number of methoxy groups -OCH3 is 1. The van der Waals surface area contributed by atoms with Gasteiger partial charge in [-0.05, 0) is 35.6 Å². The van der Waals surface area contributed by atoms with Gasteiger partial charge in [0.1, 0.15) is 6.54 Å². The first-order valence-electron chi connectivity index (χ1n) is 9.84. The number of thiazole rings is 1. The number of H-pyrrole nitrogens is 1. The number of carbonyl (C=O) groups is 3. The van der Waals surface area contributed by atoms with Gasteiger partial charge in [-0.2, -0.15) is 0 Å². The minimum absolute atomic E-state index is 0.0574. The van der Waals surface area contributed by atoms with E-state index in [9.17, 15) is 19.2 Å². The SMILES string of the molecule is COC(=O)CN1C(=O)[C@@H]2[C@H]3C[C@@H]([C@@H]2C1=O)[C@@H]1[C@H](c2cccs2)c2sc(=O)[nH]c2S[C@@H]31. The van der Waals surface area contributed by atoms with Crippen molar-refractivity contribution in [3.05, 3.63) is 36.9 Å². The highest BCUT2D eigenvalue weighted by atomic mass is 32.2. The number of thiophene rings is 1. The lowest BCUT2D eigenvalue weighted by atomic mass is 9.69. The Morgan fingerprint density at radius 1 is 1.23 bits per heavy atom. The fourth-order valence-corrected chi connectivity index (χ4v) is 10.1. The average molecular weight is 463 g/mol. The molecule has 7 atom stereocenters. The van der Waals surface area contributed by atoms with E-state index in [1.165, 1.54) is 23.3 Å². The maximum atomic E-state index is 13.2. The van der Waals surface area contributed by atoms with Crippen LogP contribution in [0.2, 0.25) is 0 Å². The van der Waals surface area contributed by atoms with Crippen molar-refractivity contribution < 1.29 is 19.1 Å². The molecule has 0 spiro atoms. The molecule has 2 aromatic heterocycles. The first-order valence-corrected chi connectivity index (χ1v) is 12.4. The van der Waals surface area contributed by atoms with Crippen LogP contribution in [0.3, 0.4) is 0 Å². The minimum Gasteiger partial charge on any atom is -0.468 e. The van der Waals surface area contributed by atoms with Crippen molar-refractivity contribution in [3.8, 4) is 0 Å². The highest BCUT2D eigenvalue weighted by molar-refractivity contribution is 8.00. The third kappa shape index (κ3) is 2.38. The Labute approximate surface area is 183 Å². The summed E-state index contributed by atoms with van der Waals surface area (Å²) in [6.45, 7) is -0.307. The Balaban J connectivity index is 1.42. The second kappa shape index (κ2) is 6.54. The van der Waals surface area contributed by atoms with Gasteiger partial charge >= 0.3 is 10.8 Å². The van der Waals surface area contributed by atoms with Gasteiger partial charge in [0.05, 0.1) is 24.0 Å². The number of fused-ring (bicyclic) bond motifs is 9. The predicted molar refractivity (Wildman–Crippen MR) is 112 cm³/mol. The van der Waals surface area contributed by atoms with E-state index in [-0.39, 0.29) is 64.0 Å². The maximum Gasteiger partial charge on any atom is 0.325 e. The second-order valence-electron chi connectivity index (χ2n) is 8.31. The molecule has 2 aliphatic carbocycles. The van der Waals surface area contributed by atoms with Crippen molar-refractivity contribution in [2.24, 2.45) is 29.6 Å². The fraction of sp³-hybridized carbons (Fsp3) is 0.500. The van der Waals surface area contributed by atoms with E-state index in [2.05, 4.69) is 15.8 Å². The number of hydrogen-bond donors (Lipinski definition) is 1. The zero-order chi connectivity index (χ0) is 20.7. The summed E-state index contributed by atoms with van der Waals surface area (Å²) in [4.78, 5) is 56.5. The standard InChI is InChI=1S/C20H18N2O5S3/c1-27-10(23)6-22-18(24)12-7-5-8(13(12)19(22)25)15-11(7)14(9-3-2-4-28-9)16-17(29-15)21-20(26)30-16/h2-4,7-8,11-15H,5-6H2,1H3,(H,21,26)/t7-,8-,11-,12+,13-,14+,15+/m1/s1. The molecule has 6 rings (SSSR count). The van der Waals surface area contributed by atoms with Gasteiger partial charge in [-0.1, -0.05) is 17.4 Å². The van der Waals surface area contributed by atoms with Crippen molar-refractivity contribution in [2.75, 3.05) is 13.7 Å². The zero-order valence-electron chi connectivity index (χ0n) is 15.9. The smallest absolute Gasteiger partial charge is 0.325 e. The first kappa shape index (κ1) is 18.8. The number of carbonyl (C=O) groups excluding carboxylic acids is 3. The number of nitrogens with zero attached hydrogens (tertiary/aromatic N) is 1. The highest BCUT2D eigenvalue weighted by Crippen LogP contribution is 2.68. The predicted octanol–water partition coefficient (Wildman–Crippen LogP) is 2.14. The molecule has 1 N–H and O–H groups in total. The van der Waals surface area contributed by atoms with E-state index in [4.69, 9.17) is 0 Å². The van der Waals surface area contributed by atoms with Crippen LogP contribution >= 0.6 is 34.4 Å². The summed E-state index contributed by atoms with van der Waals surface area (Å²) in [6, 6.07) is 4.12. The molecule has 3 fully saturated rings. The van der Waals surface area contributed by atoms with Crippen molar-refractivity contribution in [3.63, 3.8) is 0 Å². The number of imide groups is 1. The number of aromatic amines is 1. The van der Waals surface area contributed by atoms with Crippen molar-refractivity contribution in [1.29, 1.82) is 0 Å². The molecule has 2 bridgehead atoms. The molecule has 2 aromatic rings. The van der Waals surface area contributed by atoms with E-state index in [1.54, 1.807) is 23.1 Å². The third-order valence-electron chi connectivity index (χ3n) is 7.18. The molecule has 7 nitrogen and oxygen atoms in total. The molecule has 10 heteroatoms. The van der Waals surface area contributed by atoms with Crippen LogP contribution in [0.1, 0.15) is 22.1 Å². The molecule has 4 aliphatic rings. The average Bonchev–Trinajstić information content (AvgIpc) is 3.52. The number of hydrogen-bond acceptors (Lipinski definition) is 8. The molecule has 30 heavy (non-hydrogen) atoms.